The molecular weight excluding hydrogens is 302 g/mol. The van der Waals surface area contributed by atoms with Gasteiger partial charge in [-0.1, -0.05) is 0 Å². The van der Waals surface area contributed by atoms with Crippen LogP contribution in [-0.4, -0.2) is 41.8 Å². The van der Waals surface area contributed by atoms with Crippen LogP contribution >= 0.6 is 11.3 Å². The Bertz CT molecular complexity index is 542. The van der Waals surface area contributed by atoms with Crippen molar-refractivity contribution in [3.63, 3.8) is 0 Å². The minimum atomic E-state index is -3.44. The average molecular weight is 321 g/mol. The van der Waals surface area contributed by atoms with E-state index < -0.39 is 16.1 Å². The third-order valence-corrected chi connectivity index (χ3v) is 5.60. The van der Waals surface area contributed by atoms with E-state index in [9.17, 15) is 13.2 Å². The molecule has 20 heavy (non-hydrogen) atoms. The molecule has 0 aliphatic rings. The molecule has 1 atom stereocenters. The average Bonchev–Trinajstić information content (AvgIpc) is 2.93. The summed E-state index contributed by atoms with van der Waals surface area (Å²) < 4.78 is 30.7. The maximum absolute atomic E-state index is 11.8. The molecule has 1 heterocycles. The van der Waals surface area contributed by atoms with Crippen LogP contribution in [0, 0.1) is 0 Å². The fourth-order valence-electron chi connectivity index (χ4n) is 1.57. The van der Waals surface area contributed by atoms with Gasteiger partial charge in [0.15, 0.2) is 0 Å². The summed E-state index contributed by atoms with van der Waals surface area (Å²) in [6, 6.07) is 1.64. The molecular formula is C11H19N3O4S2. The number of alkyl carbamates (subject to hydrolysis) is 1. The number of hydrogen-bond donors (Lipinski definition) is 3. The van der Waals surface area contributed by atoms with Crippen molar-refractivity contribution >= 4 is 27.5 Å². The van der Waals surface area contributed by atoms with Crippen LogP contribution in [0.5, 0.6) is 0 Å². The van der Waals surface area contributed by atoms with Gasteiger partial charge in [-0.05, 0) is 31.0 Å². The van der Waals surface area contributed by atoms with E-state index in [1.165, 1.54) is 25.5 Å². The van der Waals surface area contributed by atoms with Crippen molar-refractivity contribution in [1.29, 1.82) is 0 Å². The highest BCUT2D eigenvalue weighted by Crippen LogP contribution is 2.27. The van der Waals surface area contributed by atoms with E-state index in [1.807, 2.05) is 6.92 Å². The Labute approximate surface area is 122 Å². The first-order chi connectivity index (χ1) is 9.42. The lowest BCUT2D eigenvalue weighted by atomic mass is 10.2. The van der Waals surface area contributed by atoms with Gasteiger partial charge in [0, 0.05) is 19.1 Å². The molecule has 114 valence electrons. The van der Waals surface area contributed by atoms with Gasteiger partial charge in [-0.2, -0.15) is 0 Å². The molecule has 7 nitrogen and oxygen atoms in total. The molecule has 0 aliphatic heterocycles. The summed E-state index contributed by atoms with van der Waals surface area (Å²) in [5, 5.41) is 7.42. The van der Waals surface area contributed by atoms with Gasteiger partial charge in [-0.25, -0.2) is 17.9 Å². The third kappa shape index (κ3) is 4.44. The predicted octanol–water partition coefficient (Wildman–Crippen LogP) is 0.663. The van der Waals surface area contributed by atoms with E-state index in [-0.39, 0.29) is 6.04 Å². The highest BCUT2D eigenvalue weighted by molar-refractivity contribution is 7.91. The Hall–Kier alpha value is -1.16. The van der Waals surface area contributed by atoms with Crippen molar-refractivity contribution < 1.29 is 17.9 Å². The predicted molar refractivity (Wildman–Crippen MR) is 77.4 cm³/mol. The minimum Gasteiger partial charge on any atom is -0.453 e. The molecule has 3 N–H and O–H groups in total. The Morgan fingerprint density at radius 3 is 2.75 bits per heavy atom. The van der Waals surface area contributed by atoms with Crippen LogP contribution in [0.1, 0.15) is 18.5 Å². The Balaban J connectivity index is 2.59. The first-order valence-corrected chi connectivity index (χ1v) is 8.34. The number of methoxy groups -OCH3 is 1. The summed E-state index contributed by atoms with van der Waals surface area (Å²) in [5.41, 5.74) is 0.711. The van der Waals surface area contributed by atoms with E-state index in [1.54, 1.807) is 11.4 Å². The van der Waals surface area contributed by atoms with E-state index in [2.05, 4.69) is 20.1 Å². The monoisotopic (exact) mass is 321 g/mol. The lowest BCUT2D eigenvalue weighted by Crippen LogP contribution is -2.33. The first-order valence-electron chi connectivity index (χ1n) is 5.98. The van der Waals surface area contributed by atoms with Crippen LogP contribution in [0.3, 0.4) is 0 Å². The lowest BCUT2D eigenvalue weighted by Gasteiger charge is -2.15. The summed E-state index contributed by atoms with van der Waals surface area (Å²) in [6.45, 7) is 2.77. The second-order valence-electron chi connectivity index (χ2n) is 3.97. The molecule has 0 aromatic carbocycles. The quantitative estimate of drug-likeness (QED) is 0.641. The molecule has 1 rings (SSSR count). The summed E-state index contributed by atoms with van der Waals surface area (Å²) in [4.78, 5) is 10.9. The Kier molecular flexibility index (Phi) is 6.40. The highest BCUT2D eigenvalue weighted by Gasteiger charge is 2.21. The molecule has 9 heteroatoms. The van der Waals surface area contributed by atoms with Crippen molar-refractivity contribution in [2.75, 3.05) is 27.2 Å². The topological polar surface area (TPSA) is 96.5 Å². The lowest BCUT2D eigenvalue weighted by molar-refractivity contribution is 0.171. The smallest absolute Gasteiger partial charge is 0.406 e. The van der Waals surface area contributed by atoms with Gasteiger partial charge in [-0.15, -0.1) is 11.3 Å². The normalized spacial score (nSPS) is 12.9. The van der Waals surface area contributed by atoms with Gasteiger partial charge >= 0.3 is 6.09 Å². The van der Waals surface area contributed by atoms with Gasteiger partial charge in [0.25, 0.3) is 0 Å². The zero-order valence-electron chi connectivity index (χ0n) is 11.6. The molecule has 1 aromatic rings. The fourth-order valence-corrected chi connectivity index (χ4v) is 3.96. The molecule has 0 aliphatic carbocycles. The van der Waals surface area contributed by atoms with Crippen LogP contribution in [0.25, 0.3) is 0 Å². The molecule has 0 spiro atoms. The van der Waals surface area contributed by atoms with Crippen molar-refractivity contribution in [2.45, 2.75) is 17.2 Å². The highest BCUT2D eigenvalue weighted by atomic mass is 32.2. The van der Waals surface area contributed by atoms with E-state index in [0.717, 1.165) is 0 Å². The number of amides is 1. The van der Waals surface area contributed by atoms with Gasteiger partial charge in [0.05, 0.1) is 7.11 Å². The number of thiophene rings is 1. The maximum Gasteiger partial charge on any atom is 0.406 e. The molecule has 1 unspecified atom stereocenters. The maximum atomic E-state index is 11.8. The molecule has 0 saturated heterocycles. The van der Waals surface area contributed by atoms with Crippen LogP contribution in [0.4, 0.5) is 4.79 Å². The summed E-state index contributed by atoms with van der Waals surface area (Å²) in [6.07, 6.45) is -0.492. The van der Waals surface area contributed by atoms with Crippen LogP contribution in [-0.2, 0) is 14.8 Å². The number of sulfonamides is 1. The molecule has 0 radical (unpaired) electrons. The number of carbonyl (C=O) groups is 1. The van der Waals surface area contributed by atoms with Crippen LogP contribution < -0.4 is 15.4 Å². The minimum absolute atomic E-state index is 0.140. The largest absolute Gasteiger partial charge is 0.453 e. The molecule has 0 bridgehead atoms. The van der Waals surface area contributed by atoms with Crippen LogP contribution in [0.15, 0.2) is 15.7 Å². The number of hydrogen-bond acceptors (Lipinski definition) is 6. The van der Waals surface area contributed by atoms with E-state index in [0.29, 0.717) is 22.9 Å². The standard InChI is InChI=1S/C11H19N3O4S2/c1-8(13-5-6-14-11(15)18-3)9-4-7-19-10(9)20(16,17)12-2/h4,7-8,12-13H,5-6H2,1-3H3,(H,14,15). The van der Waals surface area contributed by atoms with Crippen molar-refractivity contribution in [1.82, 2.24) is 15.4 Å². The molecule has 1 amide bonds. The molecule has 0 saturated carbocycles. The number of carbonyl (C=O) groups excluding carboxylic acids is 1. The Morgan fingerprint density at radius 1 is 1.45 bits per heavy atom. The fraction of sp³-hybridized carbons (Fsp3) is 0.545. The van der Waals surface area contributed by atoms with Gasteiger partial charge in [-0.3, -0.25) is 0 Å². The zero-order chi connectivity index (χ0) is 15.2. The van der Waals surface area contributed by atoms with Gasteiger partial charge in [0.1, 0.15) is 4.21 Å². The second-order valence-corrected chi connectivity index (χ2v) is 6.96. The second kappa shape index (κ2) is 7.58. The zero-order valence-corrected chi connectivity index (χ0v) is 13.2. The molecule has 0 fully saturated rings. The Morgan fingerprint density at radius 2 is 2.15 bits per heavy atom. The third-order valence-electron chi connectivity index (χ3n) is 2.67. The first kappa shape index (κ1) is 16.9. The van der Waals surface area contributed by atoms with Crippen molar-refractivity contribution in [3.05, 3.63) is 17.0 Å². The molecule has 1 aromatic heterocycles. The van der Waals surface area contributed by atoms with Crippen molar-refractivity contribution in [3.8, 4) is 0 Å². The van der Waals surface area contributed by atoms with Gasteiger partial charge < -0.3 is 15.4 Å². The summed E-state index contributed by atoms with van der Waals surface area (Å²) in [5.74, 6) is 0. The van der Waals surface area contributed by atoms with E-state index >= 15 is 0 Å². The number of nitrogens with one attached hydrogen (secondary N) is 3. The van der Waals surface area contributed by atoms with E-state index in [4.69, 9.17) is 0 Å². The van der Waals surface area contributed by atoms with Gasteiger partial charge in [0.2, 0.25) is 10.0 Å². The summed E-state index contributed by atoms with van der Waals surface area (Å²) in [7, 11) is -0.756. The van der Waals surface area contributed by atoms with Crippen molar-refractivity contribution in [2.24, 2.45) is 0 Å². The summed E-state index contributed by atoms with van der Waals surface area (Å²) >= 11 is 1.18. The number of ether oxygens (including phenoxy) is 1. The van der Waals surface area contributed by atoms with Crippen LogP contribution in [0.2, 0.25) is 0 Å². The SMILES string of the molecule is CNS(=O)(=O)c1sccc1C(C)NCCNC(=O)OC. The number of rotatable bonds is 7.